The number of oxime groups is 1. The first kappa shape index (κ1) is 25.6. The average Bonchev–Trinajstić information content (AvgIpc) is 3.32. The Labute approximate surface area is 202 Å². The first-order valence-corrected chi connectivity index (χ1v) is 11.0. The quantitative estimate of drug-likeness (QED) is 0.147. The Balaban J connectivity index is 1.79. The number of nitrogens with zero attached hydrogens (tertiary/aromatic N) is 2. The van der Waals surface area contributed by atoms with Crippen molar-refractivity contribution in [3.05, 3.63) is 35.1 Å². The van der Waals surface area contributed by atoms with E-state index in [1.807, 2.05) is 0 Å². The Morgan fingerprint density at radius 1 is 1.31 bits per heavy atom. The van der Waals surface area contributed by atoms with Crippen LogP contribution in [0.25, 0.3) is 0 Å². The molecule has 1 fully saturated rings. The highest BCUT2D eigenvalue weighted by Crippen LogP contribution is 2.40. The summed E-state index contributed by atoms with van der Waals surface area (Å²) in [5.74, 6) is -2.84. The van der Waals surface area contributed by atoms with Gasteiger partial charge in [-0.15, -0.1) is 11.8 Å². The van der Waals surface area contributed by atoms with E-state index in [4.69, 9.17) is 29.2 Å². The fourth-order valence-corrected chi connectivity index (χ4v) is 4.58. The van der Waals surface area contributed by atoms with Crippen molar-refractivity contribution in [1.82, 2.24) is 10.2 Å². The molecule has 14 nitrogen and oxygen atoms in total. The lowest BCUT2D eigenvalue weighted by molar-refractivity contribution is -0.189. The van der Waals surface area contributed by atoms with Crippen molar-refractivity contribution in [3.8, 4) is 0 Å². The minimum absolute atomic E-state index is 0.121. The average molecular weight is 510 g/mol. The highest BCUT2D eigenvalue weighted by molar-refractivity contribution is 8.03. The number of furan rings is 1. The summed E-state index contributed by atoms with van der Waals surface area (Å²) < 4.78 is 19.9. The number of fused-ring (bicyclic) bond motifs is 1. The predicted octanol–water partition coefficient (Wildman–Crippen LogP) is -0.170. The molecule has 15 heteroatoms. The summed E-state index contributed by atoms with van der Waals surface area (Å²) in [7, 11) is 1.25. The monoisotopic (exact) mass is 510 g/mol. The van der Waals surface area contributed by atoms with E-state index in [9.17, 15) is 24.0 Å². The summed E-state index contributed by atoms with van der Waals surface area (Å²) in [6, 6.07) is 0.706. The van der Waals surface area contributed by atoms with Gasteiger partial charge in [0.2, 0.25) is 17.9 Å². The SMILES string of the molecule is CON=C(C(=O)NC1C(=O)N2C(C(=O)OC(C)OC(C)=O)C(COC(N)=O)=CSC12)c1ccco1. The number of β-lactam (4-membered cyclic amide) rings is 1. The third-order valence-electron chi connectivity index (χ3n) is 4.73. The van der Waals surface area contributed by atoms with Crippen molar-refractivity contribution in [2.24, 2.45) is 10.9 Å². The molecule has 188 valence electrons. The lowest BCUT2D eigenvalue weighted by Crippen LogP contribution is -2.74. The van der Waals surface area contributed by atoms with Crippen LogP contribution in [-0.2, 0) is 38.2 Å². The van der Waals surface area contributed by atoms with Gasteiger partial charge in [0.1, 0.15) is 25.1 Å². The number of nitrogens with one attached hydrogen (secondary N) is 1. The van der Waals surface area contributed by atoms with E-state index >= 15 is 0 Å². The summed E-state index contributed by atoms with van der Waals surface area (Å²) in [5, 5.41) is 7.01. The predicted molar refractivity (Wildman–Crippen MR) is 117 cm³/mol. The molecule has 2 aliphatic rings. The number of amides is 3. The number of carbonyl (C=O) groups is 5. The molecule has 35 heavy (non-hydrogen) atoms. The number of hydrogen-bond donors (Lipinski definition) is 2. The van der Waals surface area contributed by atoms with Gasteiger partial charge < -0.3 is 39.4 Å². The molecule has 1 saturated heterocycles. The van der Waals surface area contributed by atoms with Gasteiger partial charge in [0, 0.05) is 19.4 Å². The van der Waals surface area contributed by atoms with Crippen molar-refractivity contribution in [2.75, 3.05) is 13.7 Å². The maximum Gasteiger partial charge on any atom is 0.404 e. The Kier molecular flexibility index (Phi) is 8.01. The van der Waals surface area contributed by atoms with Crippen molar-refractivity contribution in [2.45, 2.75) is 37.6 Å². The number of ether oxygens (including phenoxy) is 3. The van der Waals surface area contributed by atoms with Crippen LogP contribution >= 0.6 is 11.8 Å². The van der Waals surface area contributed by atoms with Gasteiger partial charge in [0.05, 0.1) is 6.26 Å². The van der Waals surface area contributed by atoms with E-state index in [2.05, 4.69) is 10.5 Å². The van der Waals surface area contributed by atoms with Crippen molar-refractivity contribution in [1.29, 1.82) is 0 Å². The summed E-state index contributed by atoms with van der Waals surface area (Å²) in [5.41, 5.74) is 5.03. The molecule has 3 rings (SSSR count). The lowest BCUT2D eigenvalue weighted by atomic mass is 9.98. The van der Waals surface area contributed by atoms with Crippen molar-refractivity contribution in [3.63, 3.8) is 0 Å². The molecular formula is C20H22N4O10S. The number of carbonyl (C=O) groups excluding carboxylic acids is 5. The van der Waals surface area contributed by atoms with Crippen LogP contribution in [0, 0.1) is 0 Å². The number of hydrogen-bond acceptors (Lipinski definition) is 12. The molecule has 2 aliphatic heterocycles. The van der Waals surface area contributed by atoms with E-state index in [0.717, 1.165) is 23.6 Å². The second kappa shape index (κ2) is 10.9. The maximum absolute atomic E-state index is 13.0. The molecule has 0 aliphatic carbocycles. The van der Waals surface area contributed by atoms with Crippen LogP contribution in [0.2, 0.25) is 0 Å². The number of thioether (sulfide) groups is 1. The molecule has 0 saturated carbocycles. The minimum Gasteiger partial charge on any atom is -0.462 e. The molecule has 0 radical (unpaired) electrons. The standard InChI is InChI=1S/C20H22N4O10S/c1-9(25)33-10(2)34-19(28)15-11(7-32-20(21)29)8-35-18-14(17(27)24(15)18)22-16(26)13(23-30-3)12-5-4-6-31-12/h4-6,8,10,14-15,18H,7H2,1-3H3,(H2,21,29)(H,22,26). The first-order valence-electron chi connectivity index (χ1n) is 10.1. The maximum atomic E-state index is 13.0. The van der Waals surface area contributed by atoms with Gasteiger partial charge in [0.15, 0.2) is 11.8 Å². The smallest absolute Gasteiger partial charge is 0.404 e. The van der Waals surface area contributed by atoms with Crippen molar-refractivity contribution < 1.29 is 47.4 Å². The summed E-state index contributed by atoms with van der Waals surface area (Å²) in [6.45, 7) is 2.07. The molecule has 1 aromatic rings. The van der Waals surface area contributed by atoms with Crippen LogP contribution in [0.3, 0.4) is 0 Å². The molecule has 3 amide bonds. The van der Waals surface area contributed by atoms with E-state index in [1.165, 1.54) is 31.8 Å². The summed E-state index contributed by atoms with van der Waals surface area (Å²) in [6.07, 6.45) is -0.977. The van der Waals surface area contributed by atoms with Crippen LogP contribution < -0.4 is 11.1 Å². The van der Waals surface area contributed by atoms with Gasteiger partial charge in [-0.25, -0.2) is 9.59 Å². The molecule has 4 atom stereocenters. The van der Waals surface area contributed by atoms with Crippen LogP contribution in [0.5, 0.6) is 0 Å². The number of esters is 2. The normalized spacial score (nSPS) is 22.1. The van der Waals surface area contributed by atoms with Gasteiger partial charge in [-0.05, 0) is 17.5 Å². The Morgan fingerprint density at radius 3 is 2.66 bits per heavy atom. The third-order valence-corrected chi connectivity index (χ3v) is 5.94. The van der Waals surface area contributed by atoms with Crippen LogP contribution in [0.15, 0.2) is 38.9 Å². The highest BCUT2D eigenvalue weighted by Gasteiger charge is 2.56. The Hall–Kier alpha value is -4.01. The highest BCUT2D eigenvalue weighted by atomic mass is 32.2. The molecule has 3 heterocycles. The van der Waals surface area contributed by atoms with Crippen LogP contribution in [-0.4, -0.2) is 77.9 Å². The van der Waals surface area contributed by atoms with E-state index < -0.39 is 53.6 Å². The fraction of sp³-hybridized carbons (Fsp3) is 0.400. The van der Waals surface area contributed by atoms with E-state index in [0.29, 0.717) is 0 Å². The second-order valence-corrected chi connectivity index (χ2v) is 8.13. The van der Waals surface area contributed by atoms with Gasteiger partial charge in [-0.3, -0.25) is 14.4 Å². The van der Waals surface area contributed by atoms with Crippen LogP contribution in [0.4, 0.5) is 4.79 Å². The van der Waals surface area contributed by atoms with Gasteiger partial charge >= 0.3 is 18.0 Å². The second-order valence-electron chi connectivity index (χ2n) is 7.14. The molecule has 4 unspecified atom stereocenters. The molecule has 3 N–H and O–H groups in total. The zero-order valence-corrected chi connectivity index (χ0v) is 19.6. The van der Waals surface area contributed by atoms with E-state index in [-0.39, 0.29) is 23.7 Å². The Bertz CT molecular complexity index is 1070. The minimum atomic E-state index is -1.31. The van der Waals surface area contributed by atoms with Crippen molar-refractivity contribution >= 4 is 47.3 Å². The third kappa shape index (κ3) is 5.74. The number of rotatable bonds is 9. The van der Waals surface area contributed by atoms with Gasteiger partial charge in [-0.1, -0.05) is 5.16 Å². The largest absolute Gasteiger partial charge is 0.462 e. The molecule has 0 aromatic carbocycles. The topological polar surface area (TPSA) is 189 Å². The summed E-state index contributed by atoms with van der Waals surface area (Å²) in [4.78, 5) is 66.7. The molecule has 1 aromatic heterocycles. The zero-order chi connectivity index (χ0) is 25.7. The Morgan fingerprint density at radius 2 is 2.06 bits per heavy atom. The molecule has 0 bridgehead atoms. The fourth-order valence-electron chi connectivity index (χ4n) is 3.37. The molecular weight excluding hydrogens is 488 g/mol. The zero-order valence-electron chi connectivity index (χ0n) is 18.8. The lowest BCUT2D eigenvalue weighted by Gasteiger charge is -2.51. The first-order chi connectivity index (χ1) is 16.6. The summed E-state index contributed by atoms with van der Waals surface area (Å²) >= 11 is 1.11. The van der Waals surface area contributed by atoms with Gasteiger partial charge in [-0.2, -0.15) is 0 Å². The number of nitrogens with two attached hydrogens (primary N) is 1. The molecule has 0 spiro atoms. The van der Waals surface area contributed by atoms with Crippen LogP contribution in [0.1, 0.15) is 19.6 Å². The number of primary amides is 1. The van der Waals surface area contributed by atoms with Gasteiger partial charge in [0.25, 0.3) is 5.91 Å². The van der Waals surface area contributed by atoms with E-state index in [1.54, 1.807) is 6.07 Å².